The molecule has 0 spiro atoms. The first-order valence-electron chi connectivity index (χ1n) is 6.73. The molecule has 0 saturated carbocycles. The van der Waals surface area contributed by atoms with Gasteiger partial charge in [0.15, 0.2) is 10.4 Å². The highest BCUT2D eigenvalue weighted by Crippen LogP contribution is 2.26. The molecule has 6 nitrogen and oxygen atoms in total. The molecule has 8 heteroatoms. The van der Waals surface area contributed by atoms with Crippen molar-refractivity contribution in [2.24, 2.45) is 0 Å². The average Bonchev–Trinajstić information content (AvgIpc) is 2.90. The predicted octanol–water partition coefficient (Wildman–Crippen LogP) is 3.16. The SMILES string of the molecule is Cc1cc(S(=O)(=O)N(C)C)cc(NC(=O)c2ccc(Br)o2)c1C. The molecule has 2 rings (SSSR count). The Morgan fingerprint density at radius 2 is 1.87 bits per heavy atom. The number of aryl methyl sites for hydroxylation is 1. The Bertz CT molecular complexity index is 856. The predicted molar refractivity (Wildman–Crippen MR) is 91.2 cm³/mol. The molecule has 0 fully saturated rings. The Balaban J connectivity index is 2.43. The van der Waals surface area contributed by atoms with Crippen LogP contribution in [0.2, 0.25) is 0 Å². The van der Waals surface area contributed by atoms with Gasteiger partial charge in [0.25, 0.3) is 5.91 Å². The number of sulfonamides is 1. The fourth-order valence-corrected chi connectivity index (χ4v) is 3.26. The van der Waals surface area contributed by atoms with Gasteiger partial charge >= 0.3 is 0 Å². The first kappa shape index (κ1) is 17.7. The van der Waals surface area contributed by atoms with Gasteiger partial charge in [0.2, 0.25) is 10.0 Å². The zero-order valence-electron chi connectivity index (χ0n) is 13.2. The van der Waals surface area contributed by atoms with Crippen LogP contribution in [-0.4, -0.2) is 32.7 Å². The molecular formula is C15H17BrN2O4S. The second kappa shape index (κ2) is 6.46. The zero-order valence-corrected chi connectivity index (χ0v) is 15.6. The first-order valence-corrected chi connectivity index (χ1v) is 8.96. The minimum Gasteiger partial charge on any atom is -0.444 e. The molecule has 124 valence electrons. The number of benzene rings is 1. The fraction of sp³-hybridized carbons (Fsp3) is 0.267. The van der Waals surface area contributed by atoms with E-state index in [4.69, 9.17) is 4.42 Å². The Labute approximate surface area is 143 Å². The van der Waals surface area contributed by atoms with Crippen molar-refractivity contribution in [3.63, 3.8) is 0 Å². The van der Waals surface area contributed by atoms with Gasteiger partial charge < -0.3 is 9.73 Å². The number of amides is 1. The van der Waals surface area contributed by atoms with Crippen LogP contribution in [0.1, 0.15) is 21.7 Å². The highest BCUT2D eigenvalue weighted by Gasteiger charge is 2.21. The lowest BCUT2D eigenvalue weighted by molar-refractivity contribution is 0.0995. The van der Waals surface area contributed by atoms with Crippen molar-refractivity contribution in [3.8, 4) is 0 Å². The average molecular weight is 401 g/mol. The molecule has 1 aromatic carbocycles. The Kier molecular flexibility index (Phi) is 4.98. The summed E-state index contributed by atoms with van der Waals surface area (Å²) in [6, 6.07) is 6.18. The summed E-state index contributed by atoms with van der Waals surface area (Å²) in [5.41, 5.74) is 1.99. The molecule has 0 saturated heterocycles. The fourth-order valence-electron chi connectivity index (χ4n) is 1.94. The lowest BCUT2D eigenvalue weighted by atomic mass is 10.1. The summed E-state index contributed by atoms with van der Waals surface area (Å²) in [6.45, 7) is 3.61. The molecule has 0 unspecified atom stereocenters. The van der Waals surface area contributed by atoms with Crippen molar-refractivity contribution in [2.75, 3.05) is 19.4 Å². The molecule has 2 aromatic rings. The maximum absolute atomic E-state index is 12.3. The van der Waals surface area contributed by atoms with Crippen molar-refractivity contribution in [1.29, 1.82) is 0 Å². The third-order valence-electron chi connectivity index (χ3n) is 3.46. The van der Waals surface area contributed by atoms with E-state index < -0.39 is 15.9 Å². The van der Waals surface area contributed by atoms with E-state index >= 15 is 0 Å². The van der Waals surface area contributed by atoms with Gasteiger partial charge in [-0.25, -0.2) is 12.7 Å². The maximum Gasteiger partial charge on any atom is 0.291 e. The quantitative estimate of drug-likeness (QED) is 0.854. The number of rotatable bonds is 4. The minimum absolute atomic E-state index is 0.126. The van der Waals surface area contributed by atoms with Gasteiger partial charge in [0, 0.05) is 19.8 Å². The Hall–Kier alpha value is -1.64. The van der Waals surface area contributed by atoms with Gasteiger partial charge in [-0.3, -0.25) is 4.79 Å². The number of furan rings is 1. The second-order valence-electron chi connectivity index (χ2n) is 5.26. The van der Waals surface area contributed by atoms with Crippen LogP contribution in [0.25, 0.3) is 0 Å². The number of nitrogens with one attached hydrogen (secondary N) is 1. The normalized spacial score (nSPS) is 11.7. The van der Waals surface area contributed by atoms with E-state index in [0.717, 1.165) is 15.4 Å². The summed E-state index contributed by atoms with van der Waals surface area (Å²) >= 11 is 3.13. The molecule has 1 N–H and O–H groups in total. The van der Waals surface area contributed by atoms with E-state index in [9.17, 15) is 13.2 Å². The number of halogens is 1. The third-order valence-corrected chi connectivity index (χ3v) is 5.68. The number of nitrogens with zero attached hydrogens (tertiary/aromatic N) is 1. The first-order chi connectivity index (χ1) is 10.6. The largest absolute Gasteiger partial charge is 0.444 e. The van der Waals surface area contributed by atoms with E-state index in [2.05, 4.69) is 21.2 Å². The van der Waals surface area contributed by atoms with Crippen LogP contribution < -0.4 is 5.32 Å². The molecule has 23 heavy (non-hydrogen) atoms. The number of hydrogen-bond acceptors (Lipinski definition) is 4. The van der Waals surface area contributed by atoms with Gasteiger partial charge in [-0.05, 0) is 65.2 Å². The summed E-state index contributed by atoms with van der Waals surface area (Å²) in [6.07, 6.45) is 0. The van der Waals surface area contributed by atoms with E-state index in [1.165, 1.54) is 26.2 Å². The molecule has 0 atom stereocenters. The van der Waals surface area contributed by atoms with Gasteiger partial charge in [0.1, 0.15) is 0 Å². The van der Waals surface area contributed by atoms with Crippen molar-refractivity contribution in [2.45, 2.75) is 18.7 Å². The van der Waals surface area contributed by atoms with E-state index in [-0.39, 0.29) is 10.7 Å². The smallest absolute Gasteiger partial charge is 0.291 e. The van der Waals surface area contributed by atoms with Gasteiger partial charge in [-0.15, -0.1) is 0 Å². The van der Waals surface area contributed by atoms with E-state index in [1.807, 2.05) is 6.92 Å². The molecule has 0 aliphatic rings. The Morgan fingerprint density at radius 3 is 2.39 bits per heavy atom. The van der Waals surface area contributed by atoms with Crippen molar-refractivity contribution in [3.05, 3.63) is 45.8 Å². The van der Waals surface area contributed by atoms with Crippen LogP contribution in [0.5, 0.6) is 0 Å². The van der Waals surface area contributed by atoms with Crippen molar-refractivity contribution < 1.29 is 17.6 Å². The van der Waals surface area contributed by atoms with Gasteiger partial charge in [0.05, 0.1) is 4.90 Å². The monoisotopic (exact) mass is 400 g/mol. The lowest BCUT2D eigenvalue weighted by Gasteiger charge is -2.16. The zero-order chi connectivity index (χ0) is 17.4. The number of carbonyl (C=O) groups excluding carboxylic acids is 1. The third kappa shape index (κ3) is 3.65. The summed E-state index contributed by atoms with van der Waals surface area (Å²) in [5.74, 6) is -0.313. The molecule has 1 heterocycles. The van der Waals surface area contributed by atoms with Crippen LogP contribution in [0, 0.1) is 13.8 Å². The molecule has 0 bridgehead atoms. The van der Waals surface area contributed by atoms with Crippen LogP contribution in [0.3, 0.4) is 0 Å². The van der Waals surface area contributed by atoms with Crippen LogP contribution in [0.4, 0.5) is 5.69 Å². The highest BCUT2D eigenvalue weighted by molar-refractivity contribution is 9.10. The number of hydrogen-bond donors (Lipinski definition) is 1. The van der Waals surface area contributed by atoms with E-state index in [0.29, 0.717) is 10.4 Å². The van der Waals surface area contributed by atoms with Crippen molar-refractivity contribution >= 4 is 37.5 Å². The minimum atomic E-state index is -3.58. The number of carbonyl (C=O) groups is 1. The Morgan fingerprint density at radius 1 is 1.22 bits per heavy atom. The molecule has 1 aromatic heterocycles. The summed E-state index contributed by atoms with van der Waals surface area (Å²) in [5, 5.41) is 2.70. The van der Waals surface area contributed by atoms with Gasteiger partial charge in [-0.2, -0.15) is 0 Å². The van der Waals surface area contributed by atoms with Gasteiger partial charge in [-0.1, -0.05) is 0 Å². The molecule has 0 aliphatic heterocycles. The molecule has 1 amide bonds. The lowest BCUT2D eigenvalue weighted by Crippen LogP contribution is -2.23. The van der Waals surface area contributed by atoms with Crippen molar-refractivity contribution in [1.82, 2.24) is 4.31 Å². The summed E-state index contributed by atoms with van der Waals surface area (Å²) in [4.78, 5) is 12.3. The van der Waals surface area contributed by atoms with E-state index in [1.54, 1.807) is 19.1 Å². The van der Waals surface area contributed by atoms with Crippen LogP contribution >= 0.6 is 15.9 Å². The highest BCUT2D eigenvalue weighted by atomic mass is 79.9. The molecule has 0 aliphatic carbocycles. The number of anilines is 1. The topological polar surface area (TPSA) is 79.6 Å². The summed E-state index contributed by atoms with van der Waals surface area (Å²) < 4.78 is 31.4. The molecule has 0 radical (unpaired) electrons. The maximum atomic E-state index is 12.3. The van der Waals surface area contributed by atoms with Crippen LogP contribution in [0.15, 0.2) is 38.2 Å². The summed E-state index contributed by atoms with van der Waals surface area (Å²) in [7, 11) is -0.661. The van der Waals surface area contributed by atoms with Crippen LogP contribution in [-0.2, 0) is 10.0 Å². The second-order valence-corrected chi connectivity index (χ2v) is 8.19. The molecular weight excluding hydrogens is 384 g/mol. The standard InChI is InChI=1S/C15H17BrN2O4S/c1-9-7-11(23(20,21)18(3)4)8-12(10(9)2)17-15(19)13-5-6-14(16)22-13/h5-8H,1-4H3,(H,17,19).